The van der Waals surface area contributed by atoms with E-state index >= 15 is 0 Å². The van der Waals surface area contributed by atoms with E-state index in [1.807, 2.05) is 27.9 Å². The second-order valence-corrected chi connectivity index (χ2v) is 7.98. The summed E-state index contributed by atoms with van der Waals surface area (Å²) in [6.07, 6.45) is 1.87. The molecule has 2 aliphatic rings. The maximum Gasteiger partial charge on any atom is 0.325 e. The van der Waals surface area contributed by atoms with Crippen molar-refractivity contribution < 1.29 is 18.7 Å². The number of carbonyl (C=O) groups excluding carboxylic acids is 2. The second kappa shape index (κ2) is 6.54. The lowest BCUT2D eigenvalue weighted by Gasteiger charge is -2.42. The van der Waals surface area contributed by atoms with E-state index < -0.39 is 23.0 Å². The summed E-state index contributed by atoms with van der Waals surface area (Å²) in [7, 11) is 3.97. The van der Waals surface area contributed by atoms with Crippen molar-refractivity contribution in [1.82, 2.24) is 15.1 Å². The van der Waals surface area contributed by atoms with Gasteiger partial charge in [-0.05, 0) is 65.5 Å². The minimum Gasteiger partial charge on any atom is -0.487 e. The average Bonchev–Trinajstić information content (AvgIpc) is 2.75. The number of amides is 3. The highest BCUT2D eigenvalue weighted by molar-refractivity contribution is 6.08. The molecule has 0 aliphatic carbocycles. The molecule has 0 saturated carbocycles. The predicted octanol–water partition coefficient (Wildman–Crippen LogP) is 2.48. The van der Waals surface area contributed by atoms with Gasteiger partial charge in [-0.2, -0.15) is 0 Å². The number of nitrogens with one attached hydrogen (secondary N) is 1. The van der Waals surface area contributed by atoms with Crippen molar-refractivity contribution in [2.45, 2.75) is 44.2 Å². The summed E-state index contributed by atoms with van der Waals surface area (Å²) in [6.45, 7) is 4.97. The summed E-state index contributed by atoms with van der Waals surface area (Å²) >= 11 is 0. The van der Waals surface area contributed by atoms with Crippen molar-refractivity contribution in [2.24, 2.45) is 0 Å². The summed E-state index contributed by atoms with van der Waals surface area (Å²) in [5.41, 5.74) is -1.53. The normalized spacial score (nSPS) is 24.0. The Morgan fingerprint density at radius 1 is 1.27 bits per heavy atom. The lowest BCUT2D eigenvalue weighted by Crippen LogP contribution is -2.53. The van der Waals surface area contributed by atoms with Gasteiger partial charge in [-0.1, -0.05) is 0 Å². The Morgan fingerprint density at radius 3 is 2.69 bits per heavy atom. The monoisotopic (exact) mass is 363 g/mol. The highest BCUT2D eigenvalue weighted by Gasteiger charge is 2.58. The van der Waals surface area contributed by atoms with Crippen molar-refractivity contribution in [3.05, 3.63) is 29.6 Å². The Bertz CT molecular complexity index is 735. The first-order valence-electron chi connectivity index (χ1n) is 8.92. The molecular formula is C19H26FN3O3. The van der Waals surface area contributed by atoms with Crippen LogP contribution in [0.4, 0.5) is 9.18 Å². The number of rotatable bonds is 5. The fourth-order valence-electron chi connectivity index (χ4n) is 3.82. The van der Waals surface area contributed by atoms with Crippen LogP contribution in [-0.2, 0) is 10.3 Å². The summed E-state index contributed by atoms with van der Waals surface area (Å²) in [4.78, 5) is 29.1. The number of hydrogen-bond donors (Lipinski definition) is 1. The van der Waals surface area contributed by atoms with E-state index in [1.165, 1.54) is 23.1 Å². The Balaban J connectivity index is 1.89. The maximum absolute atomic E-state index is 13.9. The Morgan fingerprint density at radius 2 is 2.00 bits per heavy atom. The van der Waals surface area contributed by atoms with Crippen LogP contribution >= 0.6 is 0 Å². The summed E-state index contributed by atoms with van der Waals surface area (Å²) in [5.74, 6) is -0.348. The molecule has 26 heavy (non-hydrogen) atoms. The smallest absolute Gasteiger partial charge is 0.325 e. The molecule has 6 nitrogen and oxygen atoms in total. The minimum absolute atomic E-state index is 0.259. The molecule has 0 bridgehead atoms. The van der Waals surface area contributed by atoms with E-state index in [2.05, 4.69) is 10.2 Å². The van der Waals surface area contributed by atoms with Crippen molar-refractivity contribution in [2.75, 3.05) is 27.2 Å². The predicted molar refractivity (Wildman–Crippen MR) is 95.4 cm³/mol. The Kier molecular flexibility index (Phi) is 4.69. The van der Waals surface area contributed by atoms with Gasteiger partial charge in [-0.15, -0.1) is 0 Å². The van der Waals surface area contributed by atoms with Gasteiger partial charge in [0, 0.05) is 18.5 Å². The fraction of sp³-hybridized carbons (Fsp3) is 0.579. The number of unbranched alkanes of at least 4 members (excludes halogenated alkanes) is 1. The number of imide groups is 1. The number of carbonyl (C=O) groups is 2. The van der Waals surface area contributed by atoms with Gasteiger partial charge < -0.3 is 15.0 Å². The highest BCUT2D eigenvalue weighted by Crippen LogP contribution is 2.46. The summed E-state index contributed by atoms with van der Waals surface area (Å²) < 4.78 is 19.8. The van der Waals surface area contributed by atoms with Gasteiger partial charge in [-0.3, -0.25) is 9.69 Å². The van der Waals surface area contributed by atoms with Gasteiger partial charge >= 0.3 is 6.03 Å². The molecule has 1 aromatic carbocycles. The van der Waals surface area contributed by atoms with Gasteiger partial charge in [0.15, 0.2) is 5.54 Å². The van der Waals surface area contributed by atoms with Crippen LogP contribution in [0.1, 0.15) is 38.7 Å². The quantitative estimate of drug-likeness (QED) is 0.645. The molecule has 0 radical (unpaired) electrons. The molecule has 142 valence electrons. The van der Waals surface area contributed by atoms with Crippen molar-refractivity contribution in [3.63, 3.8) is 0 Å². The van der Waals surface area contributed by atoms with Crippen LogP contribution in [0.2, 0.25) is 0 Å². The third-order valence-electron chi connectivity index (χ3n) is 4.89. The van der Waals surface area contributed by atoms with Crippen molar-refractivity contribution >= 4 is 11.9 Å². The topological polar surface area (TPSA) is 61.9 Å². The zero-order valence-corrected chi connectivity index (χ0v) is 15.8. The molecule has 0 aromatic heterocycles. The zero-order valence-electron chi connectivity index (χ0n) is 15.8. The van der Waals surface area contributed by atoms with Gasteiger partial charge in [-0.25, -0.2) is 9.18 Å². The minimum atomic E-state index is -1.27. The van der Waals surface area contributed by atoms with E-state index in [4.69, 9.17) is 4.74 Å². The third-order valence-corrected chi connectivity index (χ3v) is 4.89. The first-order chi connectivity index (χ1) is 12.1. The molecule has 1 spiro atoms. The number of benzene rings is 1. The lowest BCUT2D eigenvalue weighted by atomic mass is 9.77. The van der Waals surface area contributed by atoms with Crippen LogP contribution in [-0.4, -0.2) is 54.5 Å². The molecule has 1 N–H and O–H groups in total. The molecule has 1 fully saturated rings. The SMILES string of the molecule is CN(C)CCCCN1C(=O)NC2(CC(C)(C)Oc3ccc(F)cc32)C1=O. The number of urea groups is 1. The van der Waals surface area contributed by atoms with E-state index in [-0.39, 0.29) is 12.3 Å². The molecule has 3 rings (SSSR count). The van der Waals surface area contributed by atoms with Crippen LogP contribution in [0.5, 0.6) is 5.75 Å². The standard InChI is InChI=1S/C19H26FN3O3/c1-18(2)12-19(14-11-13(20)7-8-15(14)26-18)16(24)23(17(25)21-19)10-6-5-9-22(3)4/h7-8,11H,5-6,9-10,12H2,1-4H3,(H,21,25). The molecule has 1 atom stereocenters. The molecule has 1 unspecified atom stereocenters. The van der Waals surface area contributed by atoms with Crippen LogP contribution in [0.25, 0.3) is 0 Å². The van der Waals surface area contributed by atoms with Crippen LogP contribution in [0, 0.1) is 5.82 Å². The van der Waals surface area contributed by atoms with E-state index in [0.717, 1.165) is 19.4 Å². The fourth-order valence-corrected chi connectivity index (χ4v) is 3.82. The van der Waals surface area contributed by atoms with Crippen LogP contribution < -0.4 is 10.1 Å². The number of hydrogen-bond acceptors (Lipinski definition) is 4. The molecule has 2 aliphatic heterocycles. The van der Waals surface area contributed by atoms with E-state index in [1.54, 1.807) is 0 Å². The van der Waals surface area contributed by atoms with Gasteiger partial charge in [0.1, 0.15) is 17.2 Å². The van der Waals surface area contributed by atoms with E-state index in [9.17, 15) is 14.0 Å². The number of nitrogens with zero attached hydrogens (tertiary/aromatic N) is 2. The Labute approximate surface area is 153 Å². The molecule has 1 saturated heterocycles. The highest BCUT2D eigenvalue weighted by atomic mass is 19.1. The molecular weight excluding hydrogens is 337 g/mol. The van der Waals surface area contributed by atoms with E-state index in [0.29, 0.717) is 17.9 Å². The first kappa shape index (κ1) is 18.6. The first-order valence-corrected chi connectivity index (χ1v) is 8.92. The number of ether oxygens (including phenoxy) is 1. The third kappa shape index (κ3) is 3.28. The molecule has 2 heterocycles. The molecule has 3 amide bonds. The van der Waals surface area contributed by atoms with Gasteiger partial charge in [0.2, 0.25) is 0 Å². The zero-order chi connectivity index (χ0) is 19.1. The van der Waals surface area contributed by atoms with Crippen LogP contribution in [0.3, 0.4) is 0 Å². The average molecular weight is 363 g/mol. The van der Waals surface area contributed by atoms with Gasteiger partial charge in [0.05, 0.1) is 0 Å². The number of fused-ring (bicyclic) bond motifs is 2. The lowest BCUT2D eigenvalue weighted by molar-refractivity contribution is -0.134. The maximum atomic E-state index is 13.9. The number of halogens is 1. The van der Waals surface area contributed by atoms with Gasteiger partial charge in [0.25, 0.3) is 5.91 Å². The Hall–Kier alpha value is -2.15. The van der Waals surface area contributed by atoms with Crippen molar-refractivity contribution in [1.29, 1.82) is 0 Å². The molecule has 1 aromatic rings. The second-order valence-electron chi connectivity index (χ2n) is 7.98. The summed E-state index contributed by atoms with van der Waals surface area (Å²) in [6, 6.07) is 3.69. The van der Waals surface area contributed by atoms with Crippen LogP contribution in [0.15, 0.2) is 18.2 Å². The van der Waals surface area contributed by atoms with Crippen molar-refractivity contribution in [3.8, 4) is 5.75 Å². The summed E-state index contributed by atoms with van der Waals surface area (Å²) in [5, 5.41) is 2.84. The molecule has 7 heteroatoms. The largest absolute Gasteiger partial charge is 0.487 e.